The first-order valence-corrected chi connectivity index (χ1v) is 8.15. The average molecular weight is 432 g/mol. The highest BCUT2D eigenvalue weighted by Gasteiger charge is 2.11. The molecular formula is C15H16Br2N2O3. The second-order valence-electron chi connectivity index (χ2n) is 4.49. The second kappa shape index (κ2) is 7.69. The van der Waals surface area contributed by atoms with E-state index in [-0.39, 0.29) is 5.97 Å². The van der Waals surface area contributed by atoms with Gasteiger partial charge in [-0.3, -0.25) is 0 Å². The van der Waals surface area contributed by atoms with Gasteiger partial charge in [0.1, 0.15) is 5.75 Å². The van der Waals surface area contributed by atoms with Crippen LogP contribution in [0.4, 0.5) is 5.69 Å². The van der Waals surface area contributed by atoms with Crippen molar-refractivity contribution in [3.8, 4) is 5.75 Å². The number of benzene rings is 1. The van der Waals surface area contributed by atoms with E-state index in [2.05, 4.69) is 37.2 Å². The van der Waals surface area contributed by atoms with E-state index in [1.807, 2.05) is 22.8 Å². The lowest BCUT2D eigenvalue weighted by atomic mass is 10.3. The molecule has 2 rings (SSSR count). The molecule has 0 saturated carbocycles. The zero-order valence-electron chi connectivity index (χ0n) is 12.2. The lowest BCUT2D eigenvalue weighted by molar-refractivity contribution is 0.0600. The van der Waals surface area contributed by atoms with E-state index < -0.39 is 0 Å². The first-order valence-electron chi connectivity index (χ1n) is 6.57. The number of rotatable bonds is 6. The minimum atomic E-state index is -0.344. The number of carbonyl (C=O) groups is 1. The Balaban J connectivity index is 2.00. The summed E-state index contributed by atoms with van der Waals surface area (Å²) in [6.45, 7) is 1.39. The molecule has 0 amide bonds. The molecule has 0 aliphatic carbocycles. The van der Waals surface area contributed by atoms with Crippen LogP contribution in [0.5, 0.6) is 5.75 Å². The summed E-state index contributed by atoms with van der Waals surface area (Å²) < 4.78 is 13.6. The second-order valence-corrected chi connectivity index (χ2v) is 6.09. The van der Waals surface area contributed by atoms with E-state index >= 15 is 0 Å². The van der Waals surface area contributed by atoms with Crippen LogP contribution in [-0.4, -0.2) is 31.3 Å². The molecule has 0 aliphatic rings. The third-order valence-electron chi connectivity index (χ3n) is 3.12. The molecule has 1 aromatic carbocycles. The first-order chi connectivity index (χ1) is 10.6. The number of carbonyl (C=O) groups excluding carboxylic acids is 1. The molecule has 0 atom stereocenters. The molecular weight excluding hydrogens is 416 g/mol. The Bertz CT molecular complexity index is 671. The average Bonchev–Trinajstić information content (AvgIpc) is 2.89. The van der Waals surface area contributed by atoms with Crippen LogP contribution in [0, 0.1) is 0 Å². The number of hydrogen-bond donors (Lipinski definition) is 1. The van der Waals surface area contributed by atoms with Crippen LogP contribution in [0.25, 0.3) is 0 Å². The van der Waals surface area contributed by atoms with Crippen LogP contribution in [0.2, 0.25) is 0 Å². The fourth-order valence-electron chi connectivity index (χ4n) is 1.99. The minimum absolute atomic E-state index is 0.344. The van der Waals surface area contributed by atoms with Crippen molar-refractivity contribution in [3.63, 3.8) is 0 Å². The Labute approximate surface area is 145 Å². The molecule has 5 nitrogen and oxygen atoms in total. The van der Waals surface area contributed by atoms with E-state index in [0.29, 0.717) is 18.7 Å². The van der Waals surface area contributed by atoms with Gasteiger partial charge >= 0.3 is 5.97 Å². The molecule has 2 aromatic rings. The molecule has 0 radical (unpaired) electrons. The van der Waals surface area contributed by atoms with Gasteiger partial charge in [0.05, 0.1) is 34.5 Å². The summed E-state index contributed by atoms with van der Waals surface area (Å²) in [7, 11) is 3.00. The molecule has 118 valence electrons. The van der Waals surface area contributed by atoms with E-state index in [1.165, 1.54) is 7.11 Å². The van der Waals surface area contributed by atoms with Crippen LogP contribution >= 0.6 is 31.9 Å². The summed E-state index contributed by atoms with van der Waals surface area (Å²) in [5.74, 6) is 0.433. The number of nitrogens with zero attached hydrogens (tertiary/aromatic N) is 1. The van der Waals surface area contributed by atoms with Crippen molar-refractivity contribution in [2.75, 3.05) is 26.1 Å². The number of aromatic nitrogens is 1. The zero-order valence-corrected chi connectivity index (χ0v) is 15.4. The number of halogens is 2. The standard InChI is InChI=1S/C15H16Br2N2O3/c1-21-12-5-3-4-11(14(12)17)18-6-7-19-9-10(8-13(19)16)15(20)22-2/h3-5,8-9,18H,6-7H2,1-2H3. The largest absolute Gasteiger partial charge is 0.495 e. The molecule has 0 bridgehead atoms. The van der Waals surface area contributed by atoms with Gasteiger partial charge in [0.2, 0.25) is 0 Å². The van der Waals surface area contributed by atoms with Gasteiger partial charge in [-0.15, -0.1) is 0 Å². The summed E-state index contributed by atoms with van der Waals surface area (Å²) in [6, 6.07) is 7.53. The topological polar surface area (TPSA) is 52.5 Å². The summed E-state index contributed by atoms with van der Waals surface area (Å²) in [6.07, 6.45) is 1.76. The predicted octanol–water partition coefficient (Wildman–Crippen LogP) is 3.92. The van der Waals surface area contributed by atoms with Crippen LogP contribution in [0.15, 0.2) is 39.5 Å². The Morgan fingerprint density at radius 1 is 1.32 bits per heavy atom. The van der Waals surface area contributed by atoms with Gasteiger partial charge in [-0.25, -0.2) is 4.79 Å². The lowest BCUT2D eigenvalue weighted by Crippen LogP contribution is -2.10. The van der Waals surface area contributed by atoms with Gasteiger partial charge < -0.3 is 19.4 Å². The van der Waals surface area contributed by atoms with E-state index in [1.54, 1.807) is 19.4 Å². The minimum Gasteiger partial charge on any atom is -0.495 e. The summed E-state index contributed by atoms with van der Waals surface area (Å²) >= 11 is 6.95. The van der Waals surface area contributed by atoms with Crippen LogP contribution in [0.3, 0.4) is 0 Å². The van der Waals surface area contributed by atoms with Gasteiger partial charge in [0.25, 0.3) is 0 Å². The smallest absolute Gasteiger partial charge is 0.339 e. The van der Waals surface area contributed by atoms with Crippen molar-refractivity contribution in [1.29, 1.82) is 0 Å². The van der Waals surface area contributed by atoms with Gasteiger partial charge in [-0.1, -0.05) is 6.07 Å². The Hall–Kier alpha value is -1.47. The van der Waals surface area contributed by atoms with Crippen LogP contribution in [-0.2, 0) is 11.3 Å². The van der Waals surface area contributed by atoms with Crippen molar-refractivity contribution in [3.05, 3.63) is 45.1 Å². The molecule has 0 spiro atoms. The number of esters is 1. The number of nitrogens with one attached hydrogen (secondary N) is 1. The quantitative estimate of drug-likeness (QED) is 0.704. The van der Waals surface area contributed by atoms with Gasteiger partial charge in [-0.05, 0) is 50.1 Å². The zero-order chi connectivity index (χ0) is 16.1. The molecule has 0 aliphatic heterocycles. The van der Waals surface area contributed by atoms with E-state index in [9.17, 15) is 4.79 Å². The summed E-state index contributed by atoms with van der Waals surface area (Å²) in [5, 5.41) is 3.33. The molecule has 22 heavy (non-hydrogen) atoms. The normalized spacial score (nSPS) is 10.4. The van der Waals surface area contributed by atoms with Gasteiger partial charge in [0.15, 0.2) is 0 Å². The van der Waals surface area contributed by atoms with Crippen molar-refractivity contribution >= 4 is 43.5 Å². The van der Waals surface area contributed by atoms with Gasteiger partial charge in [-0.2, -0.15) is 0 Å². The van der Waals surface area contributed by atoms with Crippen molar-refractivity contribution in [1.82, 2.24) is 4.57 Å². The molecule has 0 fully saturated rings. The highest BCUT2D eigenvalue weighted by atomic mass is 79.9. The van der Waals surface area contributed by atoms with Crippen molar-refractivity contribution in [2.24, 2.45) is 0 Å². The third kappa shape index (κ3) is 3.84. The van der Waals surface area contributed by atoms with E-state index in [4.69, 9.17) is 9.47 Å². The number of methoxy groups -OCH3 is 2. The number of ether oxygens (including phenoxy) is 2. The SMILES string of the molecule is COC(=O)c1cc(Br)n(CCNc2cccc(OC)c2Br)c1. The first kappa shape index (κ1) is 16.9. The Kier molecular flexibility index (Phi) is 5.90. The predicted molar refractivity (Wildman–Crippen MR) is 92.7 cm³/mol. The maximum absolute atomic E-state index is 11.5. The molecule has 0 saturated heterocycles. The lowest BCUT2D eigenvalue weighted by Gasteiger charge is -2.12. The molecule has 0 unspecified atom stereocenters. The summed E-state index contributed by atoms with van der Waals surface area (Å²) in [5.41, 5.74) is 1.48. The highest BCUT2D eigenvalue weighted by Crippen LogP contribution is 2.31. The third-order valence-corrected chi connectivity index (χ3v) is 4.62. The Morgan fingerprint density at radius 3 is 2.77 bits per heavy atom. The molecule has 1 aromatic heterocycles. The van der Waals surface area contributed by atoms with Crippen molar-refractivity contribution in [2.45, 2.75) is 6.54 Å². The molecule has 7 heteroatoms. The fraction of sp³-hybridized carbons (Fsp3) is 0.267. The maximum atomic E-state index is 11.5. The van der Waals surface area contributed by atoms with Gasteiger partial charge in [0, 0.05) is 19.3 Å². The number of anilines is 1. The summed E-state index contributed by atoms with van der Waals surface area (Å²) in [4.78, 5) is 11.5. The molecule has 1 heterocycles. The van der Waals surface area contributed by atoms with E-state index in [0.717, 1.165) is 20.5 Å². The monoisotopic (exact) mass is 430 g/mol. The van der Waals surface area contributed by atoms with Crippen molar-refractivity contribution < 1.29 is 14.3 Å². The fourth-order valence-corrected chi connectivity index (χ4v) is 3.09. The maximum Gasteiger partial charge on any atom is 0.339 e. The molecule has 1 N–H and O–H groups in total. The van der Waals surface area contributed by atoms with Crippen LogP contribution < -0.4 is 10.1 Å². The number of hydrogen-bond acceptors (Lipinski definition) is 4. The highest BCUT2D eigenvalue weighted by molar-refractivity contribution is 9.11. The van der Waals surface area contributed by atoms with Crippen LogP contribution in [0.1, 0.15) is 10.4 Å². The Morgan fingerprint density at radius 2 is 2.09 bits per heavy atom.